The Hall–Kier alpha value is -0.480. The number of hydrogen-bond acceptors (Lipinski definition) is 2. The third-order valence-corrected chi connectivity index (χ3v) is 3.08. The summed E-state index contributed by atoms with van der Waals surface area (Å²) >= 11 is 4.97. The number of halogens is 1. The monoisotopic (exact) mass is 288 g/mol. The molecule has 2 nitrogen and oxygen atoms in total. The van der Waals surface area contributed by atoms with Gasteiger partial charge >= 0.3 is 5.97 Å². The van der Waals surface area contributed by atoms with Gasteiger partial charge in [-0.1, -0.05) is 36.7 Å². The summed E-state index contributed by atoms with van der Waals surface area (Å²) in [6.45, 7) is 6.29. The van der Waals surface area contributed by atoms with Gasteiger partial charge in [-0.3, -0.25) is 0 Å². The molecule has 0 aromatic heterocycles. The van der Waals surface area contributed by atoms with E-state index >= 15 is 0 Å². The number of aromatic carboxylic acids is 1. The van der Waals surface area contributed by atoms with Crippen molar-refractivity contribution in [2.24, 2.45) is 0 Å². The van der Waals surface area contributed by atoms with E-state index in [0.717, 1.165) is 9.37 Å². The zero-order valence-corrected chi connectivity index (χ0v) is 11.3. The highest BCUT2D eigenvalue weighted by atomic mass is 79.9. The molecule has 0 unspecified atom stereocenters. The lowest BCUT2D eigenvalue weighted by Gasteiger charge is -2.17. The number of thioether (sulfide) groups is 1. The predicted octanol–water partition coefficient (Wildman–Crippen LogP) is 4.04. The van der Waals surface area contributed by atoms with Gasteiger partial charge in [-0.2, -0.15) is 0 Å². The standard InChI is InChI=1S/C11H13BrO2S/c1-11(2,3)15-9-5-7(10(13)14)4-8(12)6-9/h4-6H,1-3H3,(H,13,14). The van der Waals surface area contributed by atoms with Crippen LogP contribution in [0.2, 0.25) is 0 Å². The van der Waals surface area contributed by atoms with E-state index in [-0.39, 0.29) is 4.75 Å². The average Bonchev–Trinajstić information content (AvgIpc) is 1.99. The smallest absolute Gasteiger partial charge is 0.335 e. The number of carbonyl (C=O) groups is 1. The zero-order valence-electron chi connectivity index (χ0n) is 8.87. The number of carboxylic acid groups (broad SMARTS) is 1. The molecule has 1 N–H and O–H groups in total. The molecule has 0 atom stereocenters. The first-order valence-electron chi connectivity index (χ1n) is 4.51. The molecular formula is C11H13BrO2S. The molecule has 4 heteroatoms. The van der Waals surface area contributed by atoms with Gasteiger partial charge in [0.1, 0.15) is 0 Å². The summed E-state index contributed by atoms with van der Waals surface area (Å²) < 4.78 is 0.880. The Kier molecular flexibility index (Phi) is 3.84. The highest BCUT2D eigenvalue weighted by molar-refractivity contribution is 9.10. The molecule has 0 heterocycles. The van der Waals surface area contributed by atoms with E-state index in [1.165, 1.54) is 0 Å². The minimum Gasteiger partial charge on any atom is -0.478 e. The second-order valence-corrected chi connectivity index (χ2v) is 7.01. The van der Waals surface area contributed by atoms with Crippen molar-refractivity contribution < 1.29 is 9.90 Å². The molecule has 1 aromatic rings. The van der Waals surface area contributed by atoms with Crippen LogP contribution < -0.4 is 0 Å². The summed E-state index contributed by atoms with van der Waals surface area (Å²) in [6, 6.07) is 5.24. The lowest BCUT2D eigenvalue weighted by Crippen LogP contribution is -2.07. The Balaban J connectivity index is 3.04. The predicted molar refractivity (Wildman–Crippen MR) is 66.7 cm³/mol. The van der Waals surface area contributed by atoms with E-state index in [0.29, 0.717) is 5.56 Å². The third-order valence-electron chi connectivity index (χ3n) is 1.54. The topological polar surface area (TPSA) is 37.3 Å². The van der Waals surface area contributed by atoms with Crippen molar-refractivity contribution >= 4 is 33.7 Å². The van der Waals surface area contributed by atoms with Crippen LogP contribution in [0.4, 0.5) is 0 Å². The van der Waals surface area contributed by atoms with Gasteiger partial charge in [0, 0.05) is 14.1 Å². The van der Waals surface area contributed by atoms with E-state index in [1.807, 2.05) is 6.07 Å². The van der Waals surface area contributed by atoms with Crippen LogP contribution >= 0.6 is 27.7 Å². The van der Waals surface area contributed by atoms with Gasteiger partial charge in [0.25, 0.3) is 0 Å². The van der Waals surface area contributed by atoms with Crippen LogP contribution in [0.1, 0.15) is 31.1 Å². The zero-order chi connectivity index (χ0) is 11.6. The van der Waals surface area contributed by atoms with Crippen LogP contribution in [0.15, 0.2) is 27.6 Å². The van der Waals surface area contributed by atoms with Crippen LogP contribution in [0.25, 0.3) is 0 Å². The normalized spacial score (nSPS) is 11.5. The van der Waals surface area contributed by atoms with Crippen LogP contribution in [0.3, 0.4) is 0 Å². The van der Waals surface area contributed by atoms with Crippen molar-refractivity contribution in [3.63, 3.8) is 0 Å². The second-order valence-electron chi connectivity index (χ2n) is 4.20. The molecule has 0 aliphatic carbocycles. The number of hydrogen-bond donors (Lipinski definition) is 1. The van der Waals surface area contributed by atoms with E-state index in [9.17, 15) is 4.79 Å². The summed E-state index contributed by atoms with van der Waals surface area (Å²) in [7, 11) is 0. The van der Waals surface area contributed by atoms with Gasteiger partial charge in [0.05, 0.1) is 5.56 Å². The maximum atomic E-state index is 10.8. The van der Waals surface area contributed by atoms with Gasteiger partial charge in [-0.25, -0.2) is 4.79 Å². The van der Waals surface area contributed by atoms with Crippen molar-refractivity contribution in [1.29, 1.82) is 0 Å². The quantitative estimate of drug-likeness (QED) is 0.835. The number of rotatable bonds is 2. The molecule has 0 saturated heterocycles. The Morgan fingerprint density at radius 1 is 1.33 bits per heavy atom. The van der Waals surface area contributed by atoms with Crippen LogP contribution in [-0.4, -0.2) is 15.8 Å². The van der Waals surface area contributed by atoms with Crippen LogP contribution in [-0.2, 0) is 0 Å². The van der Waals surface area contributed by atoms with E-state index < -0.39 is 5.97 Å². The lowest BCUT2D eigenvalue weighted by molar-refractivity contribution is 0.0696. The first kappa shape index (κ1) is 12.6. The third kappa shape index (κ3) is 4.26. The first-order chi connectivity index (χ1) is 6.78. The summed E-state index contributed by atoms with van der Waals surface area (Å²) in [5, 5.41) is 8.90. The van der Waals surface area contributed by atoms with Crippen molar-refractivity contribution in [3.8, 4) is 0 Å². The molecule has 0 bridgehead atoms. The minimum atomic E-state index is -0.896. The van der Waals surface area contributed by atoms with E-state index in [1.54, 1.807) is 23.9 Å². The minimum absolute atomic E-state index is 0.0799. The van der Waals surface area contributed by atoms with Crippen molar-refractivity contribution in [1.82, 2.24) is 0 Å². The highest BCUT2D eigenvalue weighted by Crippen LogP contribution is 2.33. The first-order valence-corrected chi connectivity index (χ1v) is 6.12. The molecule has 0 saturated carbocycles. The SMILES string of the molecule is CC(C)(C)Sc1cc(Br)cc(C(=O)O)c1. The largest absolute Gasteiger partial charge is 0.478 e. The van der Waals surface area contributed by atoms with Gasteiger partial charge < -0.3 is 5.11 Å². The summed E-state index contributed by atoms with van der Waals surface area (Å²) in [5.74, 6) is -0.896. The van der Waals surface area contributed by atoms with Crippen molar-refractivity contribution in [2.45, 2.75) is 30.4 Å². The molecule has 0 aliphatic rings. The lowest BCUT2D eigenvalue weighted by atomic mass is 10.2. The molecule has 0 spiro atoms. The van der Waals surface area contributed by atoms with Gasteiger partial charge in [-0.15, -0.1) is 11.8 Å². The van der Waals surface area contributed by atoms with E-state index in [2.05, 4.69) is 36.7 Å². The molecule has 1 rings (SSSR count). The van der Waals surface area contributed by atoms with Crippen molar-refractivity contribution in [2.75, 3.05) is 0 Å². The molecule has 1 aromatic carbocycles. The average molecular weight is 289 g/mol. The maximum Gasteiger partial charge on any atom is 0.335 e. The fourth-order valence-corrected chi connectivity index (χ4v) is 2.82. The maximum absolute atomic E-state index is 10.8. The molecule has 0 radical (unpaired) electrons. The van der Waals surface area contributed by atoms with Gasteiger partial charge in [0.2, 0.25) is 0 Å². The van der Waals surface area contributed by atoms with Crippen LogP contribution in [0.5, 0.6) is 0 Å². The summed E-state index contributed by atoms with van der Waals surface area (Å²) in [6.07, 6.45) is 0. The van der Waals surface area contributed by atoms with Crippen molar-refractivity contribution in [3.05, 3.63) is 28.2 Å². The number of benzene rings is 1. The highest BCUT2D eigenvalue weighted by Gasteiger charge is 2.14. The molecule has 15 heavy (non-hydrogen) atoms. The Bertz CT molecular complexity index is 383. The fraction of sp³-hybridized carbons (Fsp3) is 0.364. The van der Waals surface area contributed by atoms with Gasteiger partial charge in [-0.05, 0) is 18.2 Å². The van der Waals surface area contributed by atoms with Crippen LogP contribution in [0, 0.1) is 0 Å². The fourth-order valence-electron chi connectivity index (χ4n) is 1.10. The number of carboxylic acids is 1. The Morgan fingerprint density at radius 3 is 2.40 bits per heavy atom. The Morgan fingerprint density at radius 2 is 1.93 bits per heavy atom. The Labute approximate surface area is 102 Å². The molecule has 0 aliphatic heterocycles. The second kappa shape index (κ2) is 4.58. The molecule has 0 fully saturated rings. The molecule has 0 amide bonds. The van der Waals surface area contributed by atoms with Gasteiger partial charge in [0.15, 0.2) is 0 Å². The summed E-state index contributed by atoms with van der Waals surface area (Å²) in [4.78, 5) is 11.8. The molecule has 82 valence electrons. The summed E-state index contributed by atoms with van der Waals surface area (Å²) in [5.41, 5.74) is 0.316. The molecular weight excluding hydrogens is 276 g/mol. The van der Waals surface area contributed by atoms with E-state index in [4.69, 9.17) is 5.11 Å².